The number of carbonyl (C=O) groups excluding carboxylic acids is 1. The van der Waals surface area contributed by atoms with Crippen LogP contribution in [0.5, 0.6) is 17.2 Å². The van der Waals surface area contributed by atoms with Gasteiger partial charge in [0, 0.05) is 16.3 Å². The molecule has 0 saturated heterocycles. The molecule has 0 saturated carbocycles. The summed E-state index contributed by atoms with van der Waals surface area (Å²) in [6, 6.07) is 25.6. The number of carbonyl (C=O) groups is 1. The third-order valence-corrected chi connectivity index (χ3v) is 6.18. The Balaban J connectivity index is 1.49. The van der Waals surface area contributed by atoms with Crippen LogP contribution in [0.3, 0.4) is 0 Å². The molecule has 0 aromatic heterocycles. The third-order valence-electron chi connectivity index (χ3n) is 5.94. The summed E-state index contributed by atoms with van der Waals surface area (Å²) in [7, 11) is 1.53. The van der Waals surface area contributed by atoms with Gasteiger partial charge in [-0.15, -0.1) is 0 Å². The Hall–Kier alpha value is -4.94. The SMILES string of the molecule is COc1cc(COc2ccc(Cl)cc2/C=C(\C#N)C(=O)Nc2cccc(C(F)(F)F)c2)ccc1OCc1ccccc1. The minimum atomic E-state index is -4.58. The summed E-state index contributed by atoms with van der Waals surface area (Å²) in [5, 5.41) is 12.3. The van der Waals surface area contributed by atoms with Crippen molar-refractivity contribution in [2.24, 2.45) is 0 Å². The maximum Gasteiger partial charge on any atom is 0.416 e. The number of anilines is 1. The van der Waals surface area contributed by atoms with Crippen LogP contribution in [0.4, 0.5) is 18.9 Å². The van der Waals surface area contributed by atoms with Gasteiger partial charge < -0.3 is 19.5 Å². The molecule has 0 atom stereocenters. The molecule has 4 rings (SSSR count). The molecule has 0 radical (unpaired) electrons. The fourth-order valence-corrected chi connectivity index (χ4v) is 4.04. The van der Waals surface area contributed by atoms with E-state index in [0.29, 0.717) is 34.4 Å². The fraction of sp³-hybridized carbons (Fsp3) is 0.125. The Morgan fingerprint density at radius 2 is 1.60 bits per heavy atom. The molecular formula is C32H24ClF3N2O4. The second kappa shape index (κ2) is 13.6. The largest absolute Gasteiger partial charge is 0.493 e. The molecule has 4 aromatic rings. The summed E-state index contributed by atoms with van der Waals surface area (Å²) in [6.45, 7) is 0.478. The molecule has 0 fully saturated rings. The Morgan fingerprint density at radius 3 is 2.31 bits per heavy atom. The van der Waals surface area contributed by atoms with Crippen LogP contribution in [-0.4, -0.2) is 13.0 Å². The molecule has 0 aliphatic heterocycles. The average molecular weight is 593 g/mol. The van der Waals surface area contributed by atoms with Gasteiger partial charge in [0.15, 0.2) is 11.5 Å². The van der Waals surface area contributed by atoms with Crippen molar-refractivity contribution in [3.05, 3.63) is 124 Å². The van der Waals surface area contributed by atoms with E-state index in [1.165, 1.54) is 25.3 Å². The molecule has 10 heteroatoms. The summed E-state index contributed by atoms with van der Waals surface area (Å²) in [5.41, 5.74) is 0.695. The number of benzene rings is 4. The van der Waals surface area contributed by atoms with Crippen molar-refractivity contribution in [3.8, 4) is 23.3 Å². The van der Waals surface area contributed by atoms with Gasteiger partial charge in [-0.05, 0) is 65.7 Å². The van der Waals surface area contributed by atoms with Gasteiger partial charge in [0.25, 0.3) is 5.91 Å². The molecule has 0 bridgehead atoms. The Bertz CT molecular complexity index is 1630. The first-order chi connectivity index (χ1) is 20.2. The zero-order valence-corrected chi connectivity index (χ0v) is 23.0. The summed E-state index contributed by atoms with van der Waals surface area (Å²) >= 11 is 6.16. The molecule has 214 valence electrons. The number of ether oxygens (including phenoxy) is 3. The van der Waals surface area contributed by atoms with E-state index in [-0.39, 0.29) is 17.9 Å². The maximum absolute atomic E-state index is 13.0. The van der Waals surface area contributed by atoms with Crippen LogP contribution in [0.15, 0.2) is 96.6 Å². The van der Waals surface area contributed by atoms with Crippen LogP contribution in [0.2, 0.25) is 5.02 Å². The number of nitriles is 1. The van der Waals surface area contributed by atoms with E-state index in [9.17, 15) is 23.2 Å². The van der Waals surface area contributed by atoms with Gasteiger partial charge >= 0.3 is 6.18 Å². The Kier molecular flexibility index (Phi) is 9.73. The molecule has 6 nitrogen and oxygen atoms in total. The predicted octanol–water partition coefficient (Wildman–Crippen LogP) is 8.07. The molecule has 1 amide bonds. The zero-order valence-electron chi connectivity index (χ0n) is 22.2. The van der Waals surface area contributed by atoms with Crippen molar-refractivity contribution in [3.63, 3.8) is 0 Å². The summed E-state index contributed by atoms with van der Waals surface area (Å²) < 4.78 is 56.5. The van der Waals surface area contributed by atoms with Gasteiger partial charge in [-0.25, -0.2) is 0 Å². The lowest BCUT2D eigenvalue weighted by atomic mass is 10.1. The van der Waals surface area contributed by atoms with E-state index in [0.717, 1.165) is 29.3 Å². The summed E-state index contributed by atoms with van der Waals surface area (Å²) in [4.78, 5) is 12.7. The average Bonchev–Trinajstić information content (AvgIpc) is 2.98. The number of alkyl halides is 3. The van der Waals surface area contributed by atoms with Gasteiger partial charge in [0.05, 0.1) is 12.7 Å². The van der Waals surface area contributed by atoms with Crippen LogP contribution in [0.1, 0.15) is 22.3 Å². The summed E-state index contributed by atoms with van der Waals surface area (Å²) in [5.74, 6) is 0.507. The monoisotopic (exact) mass is 592 g/mol. The van der Waals surface area contributed by atoms with Crippen molar-refractivity contribution in [1.82, 2.24) is 0 Å². The highest BCUT2D eigenvalue weighted by molar-refractivity contribution is 6.30. The third kappa shape index (κ3) is 8.05. The standard InChI is InChI=1S/C32H24ClF3N2O4/c1-40-30-14-22(10-12-29(30)42-19-21-6-3-2-4-7-21)20-41-28-13-11-26(33)16-23(28)15-24(18-37)31(39)38-27-9-5-8-25(17-27)32(34,35)36/h2-17H,19-20H2,1H3,(H,38,39)/b24-15+. The topological polar surface area (TPSA) is 80.6 Å². The van der Waals surface area contributed by atoms with Gasteiger partial charge in [0.1, 0.15) is 30.6 Å². The van der Waals surface area contributed by atoms with Crippen molar-refractivity contribution in [2.75, 3.05) is 12.4 Å². The van der Waals surface area contributed by atoms with Crippen LogP contribution in [0.25, 0.3) is 6.08 Å². The first-order valence-electron chi connectivity index (χ1n) is 12.5. The van der Waals surface area contributed by atoms with Crippen LogP contribution in [-0.2, 0) is 24.2 Å². The van der Waals surface area contributed by atoms with Crippen LogP contribution in [0, 0.1) is 11.3 Å². The van der Waals surface area contributed by atoms with E-state index in [2.05, 4.69) is 5.32 Å². The lowest BCUT2D eigenvalue weighted by Gasteiger charge is -2.14. The highest BCUT2D eigenvalue weighted by Crippen LogP contribution is 2.32. The lowest BCUT2D eigenvalue weighted by Crippen LogP contribution is -2.14. The molecule has 4 aromatic carbocycles. The number of nitrogens with one attached hydrogen (secondary N) is 1. The van der Waals surface area contributed by atoms with Crippen molar-refractivity contribution in [1.29, 1.82) is 5.26 Å². The van der Waals surface area contributed by atoms with Crippen LogP contribution >= 0.6 is 11.6 Å². The number of amides is 1. The quantitative estimate of drug-likeness (QED) is 0.149. The van der Waals surface area contributed by atoms with Gasteiger partial charge in [-0.3, -0.25) is 4.79 Å². The number of halogens is 4. The number of methoxy groups -OCH3 is 1. The van der Waals surface area contributed by atoms with E-state index >= 15 is 0 Å². The smallest absolute Gasteiger partial charge is 0.416 e. The fourth-order valence-electron chi connectivity index (χ4n) is 3.86. The van der Waals surface area contributed by atoms with Crippen molar-refractivity contribution < 1.29 is 32.2 Å². The van der Waals surface area contributed by atoms with E-state index < -0.39 is 17.6 Å². The molecule has 0 aliphatic rings. The van der Waals surface area contributed by atoms with Crippen LogP contribution < -0.4 is 19.5 Å². The second-order valence-electron chi connectivity index (χ2n) is 8.93. The summed E-state index contributed by atoms with van der Waals surface area (Å²) in [6.07, 6.45) is -3.33. The first-order valence-corrected chi connectivity index (χ1v) is 12.9. The molecular weight excluding hydrogens is 569 g/mol. The van der Waals surface area contributed by atoms with Gasteiger partial charge in [0.2, 0.25) is 0 Å². The number of hydrogen-bond acceptors (Lipinski definition) is 5. The molecule has 0 aliphatic carbocycles. The van der Waals surface area contributed by atoms with Crippen molar-refractivity contribution >= 4 is 29.3 Å². The van der Waals surface area contributed by atoms with E-state index in [4.69, 9.17) is 25.8 Å². The predicted molar refractivity (Wildman–Crippen MR) is 153 cm³/mol. The first kappa shape index (κ1) is 30.0. The van der Waals surface area contributed by atoms with E-state index in [1.54, 1.807) is 30.3 Å². The highest BCUT2D eigenvalue weighted by Gasteiger charge is 2.30. The number of hydrogen-bond donors (Lipinski definition) is 1. The molecule has 0 heterocycles. The van der Waals surface area contributed by atoms with Gasteiger partial charge in [-0.2, -0.15) is 18.4 Å². The van der Waals surface area contributed by atoms with E-state index in [1.807, 2.05) is 36.4 Å². The second-order valence-corrected chi connectivity index (χ2v) is 9.37. The zero-order chi connectivity index (χ0) is 30.1. The lowest BCUT2D eigenvalue weighted by molar-refractivity contribution is -0.137. The molecule has 0 unspecified atom stereocenters. The normalized spacial score (nSPS) is 11.4. The molecule has 1 N–H and O–H groups in total. The highest BCUT2D eigenvalue weighted by atomic mass is 35.5. The Morgan fingerprint density at radius 1 is 0.881 bits per heavy atom. The minimum absolute atomic E-state index is 0.107. The van der Waals surface area contributed by atoms with Gasteiger partial charge in [-0.1, -0.05) is 54.1 Å². The minimum Gasteiger partial charge on any atom is -0.493 e. The molecule has 42 heavy (non-hydrogen) atoms. The number of rotatable bonds is 10. The van der Waals surface area contributed by atoms with Crippen molar-refractivity contribution in [2.45, 2.75) is 19.4 Å². The molecule has 0 spiro atoms. The maximum atomic E-state index is 13.0. The number of nitrogens with zero attached hydrogens (tertiary/aromatic N) is 1. The Labute approximate surface area is 245 Å².